The van der Waals surface area contributed by atoms with Crippen molar-refractivity contribution in [2.75, 3.05) is 13.2 Å². The minimum Gasteiger partial charge on any atom is -0.507 e. The molecule has 0 saturated carbocycles. The number of aryl methyl sites for hydroxylation is 1. The molecule has 0 amide bonds. The molecule has 5 nitrogen and oxygen atoms in total. The molecule has 0 aliphatic carbocycles. The fourth-order valence-electron chi connectivity index (χ4n) is 3.26. The Hall–Kier alpha value is -3.08. The molecule has 0 atom stereocenters. The van der Waals surface area contributed by atoms with Crippen LogP contribution in [0, 0.1) is 0 Å². The number of phenols is 1. The molecule has 2 aromatic carbocycles. The van der Waals surface area contributed by atoms with E-state index in [4.69, 9.17) is 9.47 Å². The van der Waals surface area contributed by atoms with Crippen molar-refractivity contribution < 1.29 is 19.4 Å². The molecule has 178 valence electrons. The van der Waals surface area contributed by atoms with Gasteiger partial charge in [0.2, 0.25) is 0 Å². The molecule has 0 aliphatic rings. The Labute approximate surface area is 198 Å². The SMILES string of the molecule is C=C(C)C(=O)OCCCOc1ccc(C=Nc2ccc(CCCCCCCC)cc2)c(O)c1. The smallest absolute Gasteiger partial charge is 0.333 e. The Morgan fingerprint density at radius 2 is 1.73 bits per heavy atom. The van der Waals surface area contributed by atoms with Crippen molar-refractivity contribution in [1.82, 2.24) is 0 Å². The number of esters is 1. The number of carbonyl (C=O) groups is 1. The molecule has 1 N–H and O–H groups in total. The first-order valence-electron chi connectivity index (χ1n) is 11.9. The number of benzene rings is 2. The van der Waals surface area contributed by atoms with Gasteiger partial charge in [-0.05, 0) is 49.6 Å². The van der Waals surface area contributed by atoms with Gasteiger partial charge in [0.15, 0.2) is 0 Å². The molecule has 33 heavy (non-hydrogen) atoms. The van der Waals surface area contributed by atoms with Crippen LogP contribution in [0.15, 0.2) is 59.6 Å². The van der Waals surface area contributed by atoms with Crippen molar-refractivity contribution in [3.05, 3.63) is 65.7 Å². The first kappa shape index (κ1) is 26.2. The fraction of sp³-hybridized carbons (Fsp3) is 0.429. The average Bonchev–Trinajstić information content (AvgIpc) is 2.81. The van der Waals surface area contributed by atoms with Crippen molar-refractivity contribution in [1.29, 1.82) is 0 Å². The largest absolute Gasteiger partial charge is 0.507 e. The number of carbonyl (C=O) groups excluding carboxylic acids is 1. The lowest BCUT2D eigenvalue weighted by Crippen LogP contribution is -2.09. The topological polar surface area (TPSA) is 68.1 Å². The van der Waals surface area contributed by atoms with Crippen LogP contribution < -0.4 is 4.74 Å². The Kier molecular flexibility index (Phi) is 11.8. The van der Waals surface area contributed by atoms with Gasteiger partial charge in [-0.3, -0.25) is 4.99 Å². The normalized spacial score (nSPS) is 11.0. The van der Waals surface area contributed by atoms with E-state index in [2.05, 4.69) is 30.6 Å². The molecule has 2 aromatic rings. The molecule has 0 fully saturated rings. The lowest BCUT2D eigenvalue weighted by atomic mass is 10.0. The number of nitrogens with zero attached hydrogens (tertiary/aromatic N) is 1. The highest BCUT2D eigenvalue weighted by Gasteiger charge is 2.04. The summed E-state index contributed by atoms with van der Waals surface area (Å²) in [6, 6.07) is 13.4. The third-order valence-electron chi connectivity index (χ3n) is 5.25. The van der Waals surface area contributed by atoms with Gasteiger partial charge >= 0.3 is 5.97 Å². The summed E-state index contributed by atoms with van der Waals surface area (Å²) in [5.74, 6) is 0.253. The Morgan fingerprint density at radius 1 is 1.00 bits per heavy atom. The molecule has 0 heterocycles. The van der Waals surface area contributed by atoms with Gasteiger partial charge in [-0.15, -0.1) is 0 Å². The van der Waals surface area contributed by atoms with E-state index in [9.17, 15) is 9.90 Å². The number of ether oxygens (including phenoxy) is 2. The maximum Gasteiger partial charge on any atom is 0.333 e. The van der Waals surface area contributed by atoms with E-state index in [0.29, 0.717) is 29.9 Å². The number of hydrogen-bond acceptors (Lipinski definition) is 5. The van der Waals surface area contributed by atoms with Gasteiger partial charge in [0, 0.05) is 29.8 Å². The second-order valence-electron chi connectivity index (χ2n) is 8.28. The van der Waals surface area contributed by atoms with E-state index in [0.717, 1.165) is 12.1 Å². The van der Waals surface area contributed by atoms with Crippen LogP contribution >= 0.6 is 0 Å². The van der Waals surface area contributed by atoms with Crippen molar-refractivity contribution in [3.8, 4) is 11.5 Å². The lowest BCUT2D eigenvalue weighted by molar-refractivity contribution is -0.139. The van der Waals surface area contributed by atoms with Crippen LogP contribution in [0.2, 0.25) is 0 Å². The Balaban J connectivity index is 1.75. The van der Waals surface area contributed by atoms with Crippen LogP contribution in [-0.2, 0) is 16.0 Å². The molecule has 0 saturated heterocycles. The van der Waals surface area contributed by atoms with E-state index < -0.39 is 5.97 Å². The van der Waals surface area contributed by atoms with Crippen LogP contribution in [0.4, 0.5) is 5.69 Å². The second-order valence-corrected chi connectivity index (χ2v) is 8.28. The summed E-state index contributed by atoms with van der Waals surface area (Å²) in [7, 11) is 0. The molecule has 0 bridgehead atoms. The second kappa shape index (κ2) is 14.9. The van der Waals surface area contributed by atoms with Crippen LogP contribution in [-0.4, -0.2) is 30.5 Å². The minimum atomic E-state index is -0.399. The van der Waals surface area contributed by atoms with Crippen molar-refractivity contribution >= 4 is 17.9 Å². The van der Waals surface area contributed by atoms with E-state index in [1.807, 2.05) is 12.1 Å². The summed E-state index contributed by atoms with van der Waals surface area (Å²) in [6.45, 7) is 8.03. The third-order valence-corrected chi connectivity index (χ3v) is 5.25. The summed E-state index contributed by atoms with van der Waals surface area (Å²) in [6.07, 6.45) is 11.1. The molecule has 5 heteroatoms. The van der Waals surface area contributed by atoms with Crippen molar-refractivity contribution in [2.45, 2.75) is 65.2 Å². The van der Waals surface area contributed by atoms with E-state index >= 15 is 0 Å². The zero-order valence-electron chi connectivity index (χ0n) is 20.0. The first-order chi connectivity index (χ1) is 16.0. The quantitative estimate of drug-likeness (QED) is 0.138. The number of aromatic hydroxyl groups is 1. The van der Waals surface area contributed by atoms with E-state index in [-0.39, 0.29) is 12.4 Å². The number of aliphatic imine (C=N–C) groups is 1. The highest BCUT2D eigenvalue weighted by atomic mass is 16.5. The summed E-state index contributed by atoms with van der Waals surface area (Å²) in [5.41, 5.74) is 3.19. The van der Waals surface area contributed by atoms with Gasteiger partial charge in [-0.2, -0.15) is 0 Å². The standard InChI is InChI=1S/C28H37NO4/c1-4-5-6-7-8-9-11-23-12-15-25(16-13-23)29-21-24-14-17-26(20-27(24)30)32-18-10-19-33-28(31)22(2)3/h12-17,20-21,30H,2,4-11,18-19H2,1,3H3. The van der Waals surface area contributed by atoms with Crippen LogP contribution in [0.1, 0.15) is 69.9 Å². The highest BCUT2D eigenvalue weighted by Crippen LogP contribution is 2.23. The molecule has 2 rings (SSSR count). The number of phenolic OH excluding ortho intramolecular Hbond substituents is 1. The number of rotatable bonds is 15. The van der Waals surface area contributed by atoms with Crippen molar-refractivity contribution in [2.24, 2.45) is 4.99 Å². The molecule has 0 aromatic heterocycles. The molecular weight excluding hydrogens is 414 g/mol. The van der Waals surface area contributed by atoms with Gasteiger partial charge in [-0.25, -0.2) is 4.79 Å². The average molecular weight is 452 g/mol. The highest BCUT2D eigenvalue weighted by molar-refractivity contribution is 5.87. The predicted molar refractivity (Wildman–Crippen MR) is 135 cm³/mol. The summed E-state index contributed by atoms with van der Waals surface area (Å²) < 4.78 is 10.6. The Bertz CT molecular complexity index is 903. The van der Waals surface area contributed by atoms with Crippen LogP contribution in [0.5, 0.6) is 11.5 Å². The van der Waals surface area contributed by atoms with Gasteiger partial charge in [0.05, 0.1) is 18.9 Å². The first-order valence-corrected chi connectivity index (χ1v) is 11.9. The lowest BCUT2D eigenvalue weighted by Gasteiger charge is -2.08. The number of hydrogen-bond donors (Lipinski definition) is 1. The van der Waals surface area contributed by atoms with Crippen molar-refractivity contribution in [3.63, 3.8) is 0 Å². The zero-order chi connectivity index (χ0) is 23.9. The van der Waals surface area contributed by atoms with Gasteiger partial charge in [0.25, 0.3) is 0 Å². The van der Waals surface area contributed by atoms with Crippen LogP contribution in [0.25, 0.3) is 0 Å². The molecular formula is C28H37NO4. The fourth-order valence-corrected chi connectivity index (χ4v) is 3.26. The van der Waals surface area contributed by atoms with Crippen LogP contribution in [0.3, 0.4) is 0 Å². The minimum absolute atomic E-state index is 0.102. The summed E-state index contributed by atoms with van der Waals surface area (Å²) in [4.78, 5) is 15.8. The molecule has 0 unspecified atom stereocenters. The van der Waals surface area contributed by atoms with Gasteiger partial charge in [0.1, 0.15) is 11.5 Å². The third kappa shape index (κ3) is 10.4. The van der Waals surface area contributed by atoms with E-state index in [1.165, 1.54) is 44.1 Å². The van der Waals surface area contributed by atoms with E-state index in [1.54, 1.807) is 31.3 Å². The molecule has 0 spiro atoms. The maximum absolute atomic E-state index is 11.3. The summed E-state index contributed by atoms with van der Waals surface area (Å²) >= 11 is 0. The predicted octanol–water partition coefficient (Wildman–Crippen LogP) is 6.93. The van der Waals surface area contributed by atoms with Gasteiger partial charge in [-0.1, -0.05) is 57.7 Å². The monoisotopic (exact) mass is 451 g/mol. The molecule has 0 aliphatic heterocycles. The summed E-state index contributed by atoms with van der Waals surface area (Å²) in [5, 5.41) is 10.3. The Morgan fingerprint density at radius 3 is 2.42 bits per heavy atom. The van der Waals surface area contributed by atoms with Gasteiger partial charge < -0.3 is 14.6 Å². The zero-order valence-corrected chi connectivity index (χ0v) is 20.0. The molecule has 0 radical (unpaired) electrons. The maximum atomic E-state index is 11.3. The number of unbranched alkanes of at least 4 members (excludes halogenated alkanes) is 5.